The Balaban J connectivity index is 1.59. The summed E-state index contributed by atoms with van der Waals surface area (Å²) in [5.74, 6) is 0.578. The average Bonchev–Trinajstić information content (AvgIpc) is 2.56. The second-order valence-electron chi connectivity index (χ2n) is 6.32. The van der Waals surface area contributed by atoms with Crippen molar-refractivity contribution in [2.75, 3.05) is 33.3 Å². The van der Waals surface area contributed by atoms with Crippen molar-refractivity contribution in [2.45, 2.75) is 32.1 Å². The minimum absolute atomic E-state index is 0.0453. The van der Waals surface area contributed by atoms with Crippen LogP contribution in [0, 0.1) is 11.7 Å². The summed E-state index contributed by atoms with van der Waals surface area (Å²) >= 11 is 0. The van der Waals surface area contributed by atoms with Crippen molar-refractivity contribution < 1.29 is 13.9 Å². The summed E-state index contributed by atoms with van der Waals surface area (Å²) in [6.45, 7) is 2.06. The minimum atomic E-state index is -0.361. The summed E-state index contributed by atoms with van der Waals surface area (Å²) in [7, 11) is 1.87. The molecule has 4 nitrogen and oxygen atoms in total. The van der Waals surface area contributed by atoms with Gasteiger partial charge in [0, 0.05) is 13.1 Å². The second-order valence-corrected chi connectivity index (χ2v) is 6.32. The Hall–Kier alpha value is -1.62. The summed E-state index contributed by atoms with van der Waals surface area (Å²) < 4.78 is 18.8. The number of ether oxygens (including phenoxy) is 1. The summed E-state index contributed by atoms with van der Waals surface area (Å²) in [5, 5.41) is 3.02. The Morgan fingerprint density at radius 3 is 2.78 bits per heavy atom. The molecule has 0 saturated heterocycles. The first-order chi connectivity index (χ1) is 11.1. The zero-order valence-electron chi connectivity index (χ0n) is 13.9. The molecule has 1 aromatic rings. The SMILES string of the molecule is CN(CCOc1ccccc1F)CC(=O)NCC1CCCCC1. The van der Waals surface area contributed by atoms with Crippen molar-refractivity contribution in [3.05, 3.63) is 30.1 Å². The number of nitrogens with one attached hydrogen (secondary N) is 1. The van der Waals surface area contributed by atoms with Crippen LogP contribution in [0.25, 0.3) is 0 Å². The van der Waals surface area contributed by atoms with Crippen LogP contribution in [0.1, 0.15) is 32.1 Å². The van der Waals surface area contributed by atoms with E-state index in [-0.39, 0.29) is 17.5 Å². The lowest BCUT2D eigenvalue weighted by atomic mass is 9.89. The molecule has 0 spiro atoms. The van der Waals surface area contributed by atoms with Crippen LogP contribution in [0.5, 0.6) is 5.75 Å². The van der Waals surface area contributed by atoms with E-state index in [0.29, 0.717) is 25.6 Å². The first-order valence-electron chi connectivity index (χ1n) is 8.47. The number of amides is 1. The van der Waals surface area contributed by atoms with Crippen LogP contribution >= 0.6 is 0 Å². The van der Waals surface area contributed by atoms with Gasteiger partial charge in [-0.25, -0.2) is 4.39 Å². The molecule has 1 saturated carbocycles. The molecule has 1 fully saturated rings. The van der Waals surface area contributed by atoms with E-state index in [1.165, 1.54) is 38.2 Å². The third-order valence-electron chi connectivity index (χ3n) is 4.29. The third-order valence-corrected chi connectivity index (χ3v) is 4.29. The summed E-state index contributed by atoms with van der Waals surface area (Å²) in [6, 6.07) is 6.34. The molecule has 1 aliphatic carbocycles. The lowest BCUT2D eigenvalue weighted by Gasteiger charge is -2.22. The zero-order valence-corrected chi connectivity index (χ0v) is 13.9. The molecule has 0 unspecified atom stereocenters. The lowest BCUT2D eigenvalue weighted by Crippen LogP contribution is -2.39. The van der Waals surface area contributed by atoms with Gasteiger partial charge in [0.05, 0.1) is 6.54 Å². The van der Waals surface area contributed by atoms with Gasteiger partial charge in [0.15, 0.2) is 11.6 Å². The molecule has 0 bridgehead atoms. The summed E-state index contributed by atoms with van der Waals surface area (Å²) in [5.41, 5.74) is 0. The van der Waals surface area contributed by atoms with Gasteiger partial charge in [-0.15, -0.1) is 0 Å². The number of likely N-dealkylation sites (N-methyl/N-ethyl adjacent to an activating group) is 1. The Labute approximate surface area is 138 Å². The summed E-state index contributed by atoms with van der Waals surface area (Å²) in [6.07, 6.45) is 6.36. The number of para-hydroxylation sites is 1. The number of rotatable bonds is 8. The lowest BCUT2D eigenvalue weighted by molar-refractivity contribution is -0.122. The van der Waals surface area contributed by atoms with Crippen molar-refractivity contribution in [2.24, 2.45) is 5.92 Å². The van der Waals surface area contributed by atoms with E-state index in [4.69, 9.17) is 4.74 Å². The highest BCUT2D eigenvalue weighted by Crippen LogP contribution is 2.22. The van der Waals surface area contributed by atoms with Crippen LogP contribution in [0.2, 0.25) is 0 Å². The van der Waals surface area contributed by atoms with Crippen LogP contribution in [-0.4, -0.2) is 44.1 Å². The maximum absolute atomic E-state index is 13.4. The molecule has 1 aliphatic rings. The van der Waals surface area contributed by atoms with Gasteiger partial charge in [0.25, 0.3) is 0 Å². The van der Waals surface area contributed by atoms with Crippen LogP contribution in [0.3, 0.4) is 0 Å². The van der Waals surface area contributed by atoms with Gasteiger partial charge in [-0.2, -0.15) is 0 Å². The molecule has 0 radical (unpaired) electrons. The predicted octanol–water partition coefficient (Wildman–Crippen LogP) is 2.83. The van der Waals surface area contributed by atoms with E-state index in [9.17, 15) is 9.18 Å². The number of benzene rings is 1. The van der Waals surface area contributed by atoms with Crippen molar-refractivity contribution in [1.82, 2.24) is 10.2 Å². The van der Waals surface area contributed by atoms with Gasteiger partial charge in [0.1, 0.15) is 6.61 Å². The molecule has 0 atom stereocenters. The molecule has 23 heavy (non-hydrogen) atoms. The maximum atomic E-state index is 13.4. The highest BCUT2D eigenvalue weighted by molar-refractivity contribution is 5.77. The van der Waals surface area contributed by atoms with Crippen LogP contribution in [0.15, 0.2) is 24.3 Å². The molecule has 1 amide bonds. The minimum Gasteiger partial charge on any atom is -0.489 e. The average molecular weight is 322 g/mol. The fraction of sp³-hybridized carbons (Fsp3) is 0.611. The molecular formula is C18H27FN2O2. The van der Waals surface area contributed by atoms with Crippen molar-refractivity contribution >= 4 is 5.91 Å². The molecular weight excluding hydrogens is 295 g/mol. The molecule has 5 heteroatoms. The number of halogens is 1. The first kappa shape index (κ1) is 17.7. The number of hydrogen-bond donors (Lipinski definition) is 1. The number of hydrogen-bond acceptors (Lipinski definition) is 3. The Bertz CT molecular complexity index is 490. The molecule has 1 N–H and O–H groups in total. The highest BCUT2D eigenvalue weighted by Gasteiger charge is 2.14. The molecule has 0 aliphatic heterocycles. The normalized spacial score (nSPS) is 15.6. The van der Waals surface area contributed by atoms with E-state index in [0.717, 1.165) is 6.54 Å². The van der Waals surface area contributed by atoms with Gasteiger partial charge in [0.2, 0.25) is 5.91 Å². The second kappa shape index (κ2) is 9.50. The molecule has 128 valence electrons. The topological polar surface area (TPSA) is 41.6 Å². The van der Waals surface area contributed by atoms with Gasteiger partial charge in [-0.3, -0.25) is 9.69 Å². The maximum Gasteiger partial charge on any atom is 0.234 e. The molecule has 1 aromatic carbocycles. The Morgan fingerprint density at radius 2 is 2.04 bits per heavy atom. The molecule has 2 rings (SSSR count). The van der Waals surface area contributed by atoms with Crippen LogP contribution in [0.4, 0.5) is 4.39 Å². The van der Waals surface area contributed by atoms with Crippen molar-refractivity contribution in [1.29, 1.82) is 0 Å². The summed E-state index contributed by atoms with van der Waals surface area (Å²) in [4.78, 5) is 13.8. The Kier molecular flexibility index (Phi) is 7.33. The fourth-order valence-corrected chi connectivity index (χ4v) is 2.90. The van der Waals surface area contributed by atoms with E-state index in [1.807, 2.05) is 11.9 Å². The van der Waals surface area contributed by atoms with Crippen LogP contribution in [-0.2, 0) is 4.79 Å². The Morgan fingerprint density at radius 1 is 1.30 bits per heavy atom. The van der Waals surface area contributed by atoms with Crippen molar-refractivity contribution in [3.63, 3.8) is 0 Å². The van der Waals surface area contributed by atoms with E-state index in [2.05, 4.69) is 5.32 Å². The quantitative estimate of drug-likeness (QED) is 0.800. The van der Waals surface area contributed by atoms with E-state index >= 15 is 0 Å². The van der Waals surface area contributed by atoms with Gasteiger partial charge in [-0.05, 0) is 37.9 Å². The molecule has 0 heterocycles. The monoisotopic (exact) mass is 322 g/mol. The zero-order chi connectivity index (χ0) is 16.5. The van der Waals surface area contributed by atoms with Gasteiger partial charge < -0.3 is 10.1 Å². The van der Waals surface area contributed by atoms with E-state index < -0.39 is 0 Å². The van der Waals surface area contributed by atoms with Gasteiger partial charge in [-0.1, -0.05) is 31.4 Å². The standard InChI is InChI=1S/C18H27FN2O2/c1-21(11-12-23-17-10-6-5-9-16(17)19)14-18(22)20-13-15-7-3-2-4-8-15/h5-6,9-10,15H,2-4,7-8,11-14H2,1H3,(H,20,22). The molecule has 0 aromatic heterocycles. The third kappa shape index (κ3) is 6.57. The number of carbonyl (C=O) groups excluding carboxylic acids is 1. The fourth-order valence-electron chi connectivity index (χ4n) is 2.90. The van der Waals surface area contributed by atoms with E-state index in [1.54, 1.807) is 18.2 Å². The van der Waals surface area contributed by atoms with Gasteiger partial charge >= 0.3 is 0 Å². The number of carbonyl (C=O) groups is 1. The highest BCUT2D eigenvalue weighted by atomic mass is 19.1. The smallest absolute Gasteiger partial charge is 0.234 e. The van der Waals surface area contributed by atoms with Crippen molar-refractivity contribution in [3.8, 4) is 5.75 Å². The largest absolute Gasteiger partial charge is 0.489 e. The first-order valence-corrected chi connectivity index (χ1v) is 8.47. The predicted molar refractivity (Wildman–Crippen MR) is 89.0 cm³/mol. The number of nitrogens with zero attached hydrogens (tertiary/aromatic N) is 1. The van der Waals surface area contributed by atoms with Crippen LogP contribution < -0.4 is 10.1 Å².